The van der Waals surface area contributed by atoms with Crippen LogP contribution in [0.25, 0.3) is 0 Å². The summed E-state index contributed by atoms with van der Waals surface area (Å²) in [7, 11) is 0. The van der Waals surface area contributed by atoms with Crippen LogP contribution in [0.4, 0.5) is 0 Å². The molecule has 1 amide bonds. The van der Waals surface area contributed by atoms with Gasteiger partial charge in [-0.3, -0.25) is 4.79 Å². The Balaban J connectivity index is 2.27. The minimum atomic E-state index is -0.295. The van der Waals surface area contributed by atoms with Crippen molar-refractivity contribution in [1.29, 1.82) is 0 Å². The van der Waals surface area contributed by atoms with E-state index in [4.69, 9.17) is 4.74 Å². The van der Waals surface area contributed by atoms with Crippen molar-refractivity contribution in [2.24, 2.45) is 0 Å². The molecule has 2 rings (SSSR count). The molecular weight excluding hydrogens is 204 g/mol. The van der Waals surface area contributed by atoms with Crippen LogP contribution in [0, 0.1) is 0 Å². The van der Waals surface area contributed by atoms with Gasteiger partial charge in [0.15, 0.2) is 0 Å². The Hall–Kier alpha value is -1.55. The molecule has 0 aromatic heterocycles. The Bertz CT molecular complexity index is 379. The van der Waals surface area contributed by atoms with Crippen molar-refractivity contribution in [3.63, 3.8) is 0 Å². The smallest absolute Gasteiger partial charge is 0.241 e. The normalized spacial score (nSPS) is 20.3. The highest BCUT2D eigenvalue weighted by Gasteiger charge is 2.25. The summed E-state index contributed by atoms with van der Waals surface area (Å²) in [5, 5.41) is 6.03. The lowest BCUT2D eigenvalue weighted by Gasteiger charge is -2.25. The molecule has 1 unspecified atom stereocenters. The van der Waals surface area contributed by atoms with Crippen LogP contribution >= 0.6 is 0 Å². The zero-order valence-corrected chi connectivity index (χ0v) is 9.32. The molecule has 1 aliphatic rings. The molecule has 1 atom stereocenters. The lowest BCUT2D eigenvalue weighted by molar-refractivity contribution is -0.124. The molecular formula is C12H16N2O2. The summed E-state index contributed by atoms with van der Waals surface area (Å²) in [5.41, 5.74) is 0.904. The zero-order chi connectivity index (χ0) is 11.4. The summed E-state index contributed by atoms with van der Waals surface area (Å²) in [6.07, 6.45) is 0. The second-order valence-electron chi connectivity index (χ2n) is 3.65. The lowest BCUT2D eigenvalue weighted by atomic mass is 10.0. The maximum Gasteiger partial charge on any atom is 0.241 e. The topological polar surface area (TPSA) is 50.4 Å². The highest BCUT2D eigenvalue weighted by Crippen LogP contribution is 2.25. The summed E-state index contributed by atoms with van der Waals surface area (Å²) in [6, 6.07) is 7.35. The second-order valence-corrected chi connectivity index (χ2v) is 3.65. The molecule has 0 aliphatic carbocycles. The molecule has 4 heteroatoms. The number of hydrogen-bond donors (Lipinski definition) is 2. The van der Waals surface area contributed by atoms with Crippen LogP contribution in [-0.2, 0) is 4.79 Å². The highest BCUT2D eigenvalue weighted by molar-refractivity contribution is 5.84. The van der Waals surface area contributed by atoms with E-state index in [0.29, 0.717) is 13.2 Å². The van der Waals surface area contributed by atoms with E-state index in [1.54, 1.807) is 0 Å². The van der Waals surface area contributed by atoms with Gasteiger partial charge in [-0.15, -0.1) is 0 Å². The molecule has 1 fully saturated rings. The van der Waals surface area contributed by atoms with E-state index in [1.165, 1.54) is 0 Å². The molecule has 1 heterocycles. The van der Waals surface area contributed by atoms with E-state index < -0.39 is 0 Å². The van der Waals surface area contributed by atoms with Gasteiger partial charge >= 0.3 is 0 Å². The largest absolute Gasteiger partial charge is 0.494 e. The van der Waals surface area contributed by atoms with Crippen molar-refractivity contribution in [2.45, 2.75) is 13.0 Å². The standard InChI is InChI=1S/C12H16N2O2/c1-2-16-10-6-4-3-5-9(10)11-12(15)14-8-7-13-11/h3-6,11,13H,2,7-8H2,1H3,(H,14,15). The van der Waals surface area contributed by atoms with Crippen molar-refractivity contribution < 1.29 is 9.53 Å². The Kier molecular flexibility index (Phi) is 3.41. The van der Waals surface area contributed by atoms with Crippen molar-refractivity contribution in [1.82, 2.24) is 10.6 Å². The van der Waals surface area contributed by atoms with Crippen LogP contribution in [0.5, 0.6) is 5.75 Å². The summed E-state index contributed by atoms with van der Waals surface area (Å²) in [5.74, 6) is 0.790. The van der Waals surface area contributed by atoms with Gasteiger partial charge in [0.25, 0.3) is 0 Å². The number of rotatable bonds is 3. The number of nitrogens with one attached hydrogen (secondary N) is 2. The summed E-state index contributed by atoms with van der Waals surface area (Å²) in [6.45, 7) is 4.01. The van der Waals surface area contributed by atoms with Crippen LogP contribution in [0.2, 0.25) is 0 Å². The summed E-state index contributed by atoms with van der Waals surface area (Å²) < 4.78 is 5.52. The number of carbonyl (C=O) groups excluding carboxylic acids is 1. The monoisotopic (exact) mass is 220 g/mol. The molecule has 1 saturated heterocycles. The van der Waals surface area contributed by atoms with Crippen LogP contribution in [0.1, 0.15) is 18.5 Å². The number of para-hydroxylation sites is 1. The predicted molar refractivity (Wildman–Crippen MR) is 61.4 cm³/mol. The number of ether oxygens (including phenoxy) is 1. The molecule has 4 nitrogen and oxygen atoms in total. The number of benzene rings is 1. The van der Waals surface area contributed by atoms with E-state index >= 15 is 0 Å². The zero-order valence-electron chi connectivity index (χ0n) is 9.32. The fourth-order valence-electron chi connectivity index (χ4n) is 1.85. The van der Waals surface area contributed by atoms with Gasteiger partial charge < -0.3 is 15.4 Å². The molecule has 0 spiro atoms. The van der Waals surface area contributed by atoms with Gasteiger partial charge in [-0.25, -0.2) is 0 Å². The van der Waals surface area contributed by atoms with Crippen LogP contribution in [-0.4, -0.2) is 25.6 Å². The van der Waals surface area contributed by atoms with Crippen LogP contribution in [0.15, 0.2) is 24.3 Å². The Morgan fingerprint density at radius 2 is 2.19 bits per heavy atom. The molecule has 86 valence electrons. The maximum atomic E-state index is 11.7. The molecule has 1 aromatic carbocycles. The SMILES string of the molecule is CCOc1ccccc1C1NCCNC1=O. The third-order valence-corrected chi connectivity index (χ3v) is 2.56. The fraction of sp³-hybridized carbons (Fsp3) is 0.417. The van der Waals surface area contributed by atoms with Crippen LogP contribution < -0.4 is 15.4 Å². The van der Waals surface area contributed by atoms with E-state index in [0.717, 1.165) is 17.9 Å². The van der Waals surface area contributed by atoms with Crippen molar-refractivity contribution in [3.8, 4) is 5.75 Å². The van der Waals surface area contributed by atoms with E-state index in [2.05, 4.69) is 10.6 Å². The van der Waals surface area contributed by atoms with Crippen molar-refractivity contribution >= 4 is 5.91 Å². The first-order valence-electron chi connectivity index (χ1n) is 5.55. The van der Waals surface area contributed by atoms with Gasteiger partial charge in [-0.05, 0) is 13.0 Å². The quantitative estimate of drug-likeness (QED) is 0.794. The molecule has 1 aromatic rings. The number of amides is 1. The van der Waals surface area contributed by atoms with Crippen molar-refractivity contribution in [3.05, 3.63) is 29.8 Å². The third kappa shape index (κ3) is 2.17. The molecule has 0 bridgehead atoms. The second kappa shape index (κ2) is 4.99. The minimum absolute atomic E-state index is 0.0124. The van der Waals surface area contributed by atoms with E-state index in [9.17, 15) is 4.79 Å². The van der Waals surface area contributed by atoms with Gasteiger partial charge in [0.1, 0.15) is 11.8 Å². The molecule has 0 saturated carbocycles. The third-order valence-electron chi connectivity index (χ3n) is 2.56. The van der Waals surface area contributed by atoms with Crippen molar-refractivity contribution in [2.75, 3.05) is 19.7 Å². The molecule has 2 N–H and O–H groups in total. The average Bonchev–Trinajstić information content (AvgIpc) is 2.31. The van der Waals surface area contributed by atoms with Crippen LogP contribution in [0.3, 0.4) is 0 Å². The predicted octanol–water partition coefficient (Wildman–Crippen LogP) is 0.846. The van der Waals surface area contributed by atoms with Gasteiger partial charge in [0.2, 0.25) is 5.91 Å². The first kappa shape index (κ1) is 11.0. The van der Waals surface area contributed by atoms with Gasteiger partial charge in [0.05, 0.1) is 6.61 Å². The lowest BCUT2D eigenvalue weighted by Crippen LogP contribution is -2.47. The van der Waals surface area contributed by atoms with E-state index in [1.807, 2.05) is 31.2 Å². The Morgan fingerprint density at radius 1 is 1.38 bits per heavy atom. The first-order valence-corrected chi connectivity index (χ1v) is 5.55. The number of hydrogen-bond acceptors (Lipinski definition) is 3. The van der Waals surface area contributed by atoms with Gasteiger partial charge in [-0.1, -0.05) is 18.2 Å². The molecule has 16 heavy (non-hydrogen) atoms. The van der Waals surface area contributed by atoms with E-state index in [-0.39, 0.29) is 11.9 Å². The van der Waals surface area contributed by atoms with Gasteiger partial charge in [-0.2, -0.15) is 0 Å². The Labute approximate surface area is 95.0 Å². The highest BCUT2D eigenvalue weighted by atomic mass is 16.5. The summed E-state index contributed by atoms with van der Waals surface area (Å²) in [4.78, 5) is 11.7. The van der Waals surface area contributed by atoms with Gasteiger partial charge in [0, 0.05) is 18.7 Å². The average molecular weight is 220 g/mol. The number of piperazine rings is 1. The first-order chi connectivity index (χ1) is 7.83. The molecule has 0 radical (unpaired) electrons. The fourth-order valence-corrected chi connectivity index (χ4v) is 1.85. The maximum absolute atomic E-state index is 11.7. The Morgan fingerprint density at radius 3 is 2.94 bits per heavy atom. The molecule has 1 aliphatic heterocycles. The summed E-state index contributed by atoms with van der Waals surface area (Å²) >= 11 is 0. The minimum Gasteiger partial charge on any atom is -0.494 e. The number of carbonyl (C=O) groups is 1.